The maximum atomic E-state index is 12.9. The number of benzene rings is 1. The summed E-state index contributed by atoms with van der Waals surface area (Å²) in [7, 11) is 4.08. The minimum absolute atomic E-state index is 0.190. The summed E-state index contributed by atoms with van der Waals surface area (Å²) >= 11 is 0. The summed E-state index contributed by atoms with van der Waals surface area (Å²) in [6.07, 6.45) is 2.58. The molecule has 114 valence electrons. The van der Waals surface area contributed by atoms with Crippen molar-refractivity contribution >= 4 is 0 Å². The summed E-state index contributed by atoms with van der Waals surface area (Å²) in [5, 5.41) is 3.52. The Morgan fingerprint density at radius 2 is 1.90 bits per heavy atom. The van der Waals surface area contributed by atoms with Crippen LogP contribution in [0.3, 0.4) is 0 Å². The van der Waals surface area contributed by atoms with Crippen molar-refractivity contribution < 1.29 is 8.81 Å². The second-order valence-electron chi connectivity index (χ2n) is 5.63. The van der Waals surface area contributed by atoms with Gasteiger partial charge in [0.15, 0.2) is 0 Å². The molecular formula is C17H23FN2O. The minimum Gasteiger partial charge on any atom is -0.468 e. The van der Waals surface area contributed by atoms with Gasteiger partial charge in [0, 0.05) is 12.6 Å². The monoisotopic (exact) mass is 290 g/mol. The Morgan fingerprint density at radius 1 is 1.19 bits per heavy atom. The van der Waals surface area contributed by atoms with Crippen LogP contribution in [0.5, 0.6) is 0 Å². The highest BCUT2D eigenvalue weighted by atomic mass is 19.1. The normalized spacial score (nSPS) is 14.3. The van der Waals surface area contributed by atoms with Gasteiger partial charge < -0.3 is 9.73 Å². The van der Waals surface area contributed by atoms with E-state index < -0.39 is 0 Å². The van der Waals surface area contributed by atoms with Crippen molar-refractivity contribution in [3.8, 4) is 0 Å². The van der Waals surface area contributed by atoms with Crippen LogP contribution in [0.25, 0.3) is 0 Å². The molecule has 21 heavy (non-hydrogen) atoms. The number of hydrogen-bond acceptors (Lipinski definition) is 3. The van der Waals surface area contributed by atoms with Crippen LogP contribution in [-0.2, 0) is 6.42 Å². The zero-order chi connectivity index (χ0) is 15.2. The Kier molecular flexibility index (Phi) is 5.53. The molecule has 0 spiro atoms. The number of nitrogens with one attached hydrogen (secondary N) is 1. The first-order chi connectivity index (χ1) is 10.1. The third-order valence-electron chi connectivity index (χ3n) is 3.61. The molecule has 0 fully saturated rings. The SMILES string of the molecule is CC(Cc1ccc(F)cc1)NCC(c1ccco1)N(C)C. The van der Waals surface area contributed by atoms with Gasteiger partial charge in [0.25, 0.3) is 0 Å². The van der Waals surface area contributed by atoms with E-state index in [0.717, 1.165) is 24.3 Å². The fourth-order valence-electron chi connectivity index (χ4n) is 2.38. The Hall–Kier alpha value is -1.65. The molecule has 1 N–H and O–H groups in total. The van der Waals surface area contributed by atoms with Gasteiger partial charge in [-0.2, -0.15) is 0 Å². The van der Waals surface area contributed by atoms with Gasteiger partial charge in [0.05, 0.1) is 12.3 Å². The van der Waals surface area contributed by atoms with Gasteiger partial charge >= 0.3 is 0 Å². The van der Waals surface area contributed by atoms with E-state index in [2.05, 4.69) is 17.1 Å². The minimum atomic E-state index is -0.190. The van der Waals surface area contributed by atoms with Crippen LogP contribution < -0.4 is 5.32 Å². The molecule has 0 saturated carbocycles. The molecular weight excluding hydrogens is 267 g/mol. The maximum absolute atomic E-state index is 12.9. The third-order valence-corrected chi connectivity index (χ3v) is 3.61. The predicted molar refractivity (Wildman–Crippen MR) is 82.7 cm³/mol. The summed E-state index contributed by atoms with van der Waals surface area (Å²) in [4.78, 5) is 2.14. The van der Waals surface area contributed by atoms with E-state index in [0.29, 0.717) is 6.04 Å². The molecule has 0 saturated heterocycles. The van der Waals surface area contributed by atoms with E-state index in [1.165, 1.54) is 12.1 Å². The van der Waals surface area contributed by atoms with Crippen LogP contribution >= 0.6 is 0 Å². The molecule has 2 aromatic rings. The highest BCUT2D eigenvalue weighted by molar-refractivity contribution is 5.17. The molecule has 3 nitrogen and oxygen atoms in total. The van der Waals surface area contributed by atoms with Crippen LogP contribution in [0.1, 0.15) is 24.3 Å². The van der Waals surface area contributed by atoms with Crippen molar-refractivity contribution in [1.82, 2.24) is 10.2 Å². The highest BCUT2D eigenvalue weighted by Crippen LogP contribution is 2.18. The lowest BCUT2D eigenvalue weighted by molar-refractivity contribution is 0.245. The molecule has 0 aliphatic rings. The third kappa shape index (κ3) is 4.69. The number of nitrogens with zero attached hydrogens (tertiary/aromatic N) is 1. The first-order valence-electron chi connectivity index (χ1n) is 7.24. The largest absolute Gasteiger partial charge is 0.468 e. The van der Waals surface area contributed by atoms with E-state index in [1.807, 2.05) is 38.4 Å². The van der Waals surface area contributed by atoms with Gasteiger partial charge in [-0.1, -0.05) is 12.1 Å². The van der Waals surface area contributed by atoms with Crippen LogP contribution in [0.4, 0.5) is 4.39 Å². The van der Waals surface area contributed by atoms with E-state index in [-0.39, 0.29) is 11.9 Å². The van der Waals surface area contributed by atoms with E-state index in [4.69, 9.17) is 4.42 Å². The van der Waals surface area contributed by atoms with Crippen molar-refractivity contribution in [3.05, 3.63) is 59.8 Å². The smallest absolute Gasteiger partial charge is 0.123 e. The van der Waals surface area contributed by atoms with Crippen molar-refractivity contribution in [3.63, 3.8) is 0 Å². The molecule has 0 aliphatic heterocycles. The summed E-state index contributed by atoms with van der Waals surface area (Å²) in [5.74, 6) is 0.770. The Labute approximate surface area is 125 Å². The standard InChI is InChI=1S/C17H23FN2O/c1-13(11-14-6-8-15(18)9-7-14)19-12-16(20(2)3)17-5-4-10-21-17/h4-10,13,16,19H,11-12H2,1-3H3. The first kappa shape index (κ1) is 15.7. The highest BCUT2D eigenvalue weighted by Gasteiger charge is 2.17. The maximum Gasteiger partial charge on any atom is 0.123 e. The molecule has 1 aromatic carbocycles. The van der Waals surface area contributed by atoms with Gasteiger partial charge in [0.2, 0.25) is 0 Å². The number of halogens is 1. The zero-order valence-corrected chi connectivity index (χ0v) is 12.8. The fourth-order valence-corrected chi connectivity index (χ4v) is 2.38. The van der Waals surface area contributed by atoms with Crippen molar-refractivity contribution in [2.24, 2.45) is 0 Å². The Bertz CT molecular complexity index is 522. The molecule has 4 heteroatoms. The van der Waals surface area contributed by atoms with Crippen molar-refractivity contribution in [1.29, 1.82) is 0 Å². The zero-order valence-electron chi connectivity index (χ0n) is 12.8. The lowest BCUT2D eigenvalue weighted by atomic mass is 10.1. The van der Waals surface area contributed by atoms with Gasteiger partial charge in [-0.05, 0) is 57.3 Å². The van der Waals surface area contributed by atoms with E-state index in [1.54, 1.807) is 6.26 Å². The molecule has 2 rings (SSSR count). The summed E-state index contributed by atoms with van der Waals surface area (Å²) in [6, 6.07) is 11.1. The van der Waals surface area contributed by atoms with Gasteiger partial charge in [-0.15, -0.1) is 0 Å². The lowest BCUT2D eigenvalue weighted by Crippen LogP contribution is -2.36. The first-order valence-corrected chi connectivity index (χ1v) is 7.24. The fraction of sp³-hybridized carbons (Fsp3) is 0.412. The summed E-state index contributed by atoms with van der Waals surface area (Å²) in [5.41, 5.74) is 1.14. The second-order valence-corrected chi connectivity index (χ2v) is 5.63. The molecule has 0 amide bonds. The number of furan rings is 1. The van der Waals surface area contributed by atoms with Crippen LogP contribution in [-0.4, -0.2) is 31.6 Å². The molecule has 0 aliphatic carbocycles. The Balaban J connectivity index is 1.87. The molecule has 1 heterocycles. The van der Waals surface area contributed by atoms with E-state index in [9.17, 15) is 4.39 Å². The predicted octanol–water partition coefficient (Wildman–Crippen LogP) is 3.24. The number of likely N-dealkylation sites (N-methyl/N-ethyl adjacent to an activating group) is 1. The van der Waals surface area contributed by atoms with Crippen molar-refractivity contribution in [2.75, 3.05) is 20.6 Å². The summed E-state index contributed by atoms with van der Waals surface area (Å²) in [6.45, 7) is 2.95. The lowest BCUT2D eigenvalue weighted by Gasteiger charge is -2.25. The number of rotatable bonds is 7. The van der Waals surface area contributed by atoms with Crippen LogP contribution in [0.2, 0.25) is 0 Å². The molecule has 0 bridgehead atoms. The van der Waals surface area contributed by atoms with Gasteiger partial charge in [-0.3, -0.25) is 4.90 Å². The quantitative estimate of drug-likeness (QED) is 0.848. The Morgan fingerprint density at radius 3 is 2.48 bits per heavy atom. The van der Waals surface area contributed by atoms with Crippen LogP contribution in [0, 0.1) is 5.82 Å². The molecule has 2 unspecified atom stereocenters. The van der Waals surface area contributed by atoms with Crippen LogP contribution in [0.15, 0.2) is 47.1 Å². The number of hydrogen-bond donors (Lipinski definition) is 1. The molecule has 1 aromatic heterocycles. The average molecular weight is 290 g/mol. The van der Waals surface area contributed by atoms with Crippen molar-refractivity contribution in [2.45, 2.75) is 25.4 Å². The topological polar surface area (TPSA) is 28.4 Å². The molecule has 2 atom stereocenters. The van der Waals surface area contributed by atoms with Gasteiger partial charge in [0.1, 0.15) is 11.6 Å². The van der Waals surface area contributed by atoms with Gasteiger partial charge in [-0.25, -0.2) is 4.39 Å². The summed E-state index contributed by atoms with van der Waals surface area (Å²) < 4.78 is 18.4. The van der Waals surface area contributed by atoms with E-state index >= 15 is 0 Å². The second kappa shape index (κ2) is 7.38. The molecule has 0 radical (unpaired) electrons. The average Bonchev–Trinajstić information content (AvgIpc) is 2.95.